The van der Waals surface area contributed by atoms with Crippen molar-refractivity contribution in [1.82, 2.24) is 10.2 Å². The molecule has 2 rings (SSSR count). The van der Waals surface area contributed by atoms with Crippen LogP contribution in [0.1, 0.15) is 39.0 Å². The van der Waals surface area contributed by atoms with Gasteiger partial charge in [-0.3, -0.25) is 4.90 Å². The third-order valence-corrected chi connectivity index (χ3v) is 3.65. The first-order chi connectivity index (χ1) is 6.42. The predicted octanol–water partition coefficient (Wildman–Crippen LogP) is 1.61. The van der Waals surface area contributed by atoms with Crippen LogP contribution >= 0.6 is 0 Å². The van der Waals surface area contributed by atoms with Crippen LogP contribution in [0.5, 0.6) is 0 Å². The van der Waals surface area contributed by atoms with E-state index >= 15 is 0 Å². The summed E-state index contributed by atoms with van der Waals surface area (Å²) in [6, 6.07) is 1.74. The highest BCUT2D eigenvalue weighted by Gasteiger charge is 2.29. The molecule has 0 bridgehead atoms. The van der Waals surface area contributed by atoms with E-state index in [1.54, 1.807) is 0 Å². The quantitative estimate of drug-likeness (QED) is 0.698. The van der Waals surface area contributed by atoms with E-state index in [1.807, 2.05) is 0 Å². The molecule has 2 fully saturated rings. The Morgan fingerprint density at radius 2 is 2.23 bits per heavy atom. The van der Waals surface area contributed by atoms with Gasteiger partial charge in [0, 0.05) is 18.6 Å². The molecule has 0 amide bonds. The van der Waals surface area contributed by atoms with Crippen LogP contribution in [0.2, 0.25) is 0 Å². The number of piperidine rings is 1. The van der Waals surface area contributed by atoms with Crippen molar-refractivity contribution in [2.24, 2.45) is 0 Å². The summed E-state index contributed by atoms with van der Waals surface area (Å²) in [5.41, 5.74) is 0. The Hall–Kier alpha value is -0.0800. The minimum Gasteiger partial charge on any atom is -0.315 e. The number of nitrogens with one attached hydrogen (secondary N) is 1. The summed E-state index contributed by atoms with van der Waals surface area (Å²) in [5, 5.41) is 3.47. The molecule has 0 saturated carbocycles. The number of hydrogen-bond acceptors (Lipinski definition) is 2. The van der Waals surface area contributed by atoms with Crippen molar-refractivity contribution in [3.05, 3.63) is 0 Å². The summed E-state index contributed by atoms with van der Waals surface area (Å²) in [4.78, 5) is 2.77. The van der Waals surface area contributed by atoms with Crippen LogP contribution in [0.25, 0.3) is 0 Å². The highest BCUT2D eigenvalue weighted by Crippen LogP contribution is 2.23. The van der Waals surface area contributed by atoms with Crippen molar-refractivity contribution in [3.8, 4) is 0 Å². The van der Waals surface area contributed by atoms with E-state index in [2.05, 4.69) is 17.1 Å². The number of likely N-dealkylation sites (tertiary alicyclic amines) is 1. The summed E-state index contributed by atoms with van der Waals surface area (Å²) >= 11 is 0. The molecule has 0 spiro atoms. The highest BCUT2D eigenvalue weighted by molar-refractivity contribution is 4.86. The van der Waals surface area contributed by atoms with Crippen LogP contribution in [-0.2, 0) is 0 Å². The lowest BCUT2D eigenvalue weighted by Gasteiger charge is -2.39. The van der Waals surface area contributed by atoms with Crippen molar-refractivity contribution >= 4 is 0 Å². The third-order valence-electron chi connectivity index (χ3n) is 3.65. The van der Waals surface area contributed by atoms with Crippen LogP contribution in [-0.4, -0.2) is 36.6 Å². The summed E-state index contributed by atoms with van der Waals surface area (Å²) < 4.78 is 0. The fraction of sp³-hybridized carbons (Fsp3) is 1.00. The molecule has 0 aromatic rings. The van der Waals surface area contributed by atoms with Gasteiger partial charge in [-0.2, -0.15) is 0 Å². The summed E-state index contributed by atoms with van der Waals surface area (Å²) in [5.74, 6) is 0. The molecule has 13 heavy (non-hydrogen) atoms. The largest absolute Gasteiger partial charge is 0.315 e. The molecule has 0 aromatic carbocycles. The molecule has 0 aliphatic carbocycles. The fourth-order valence-electron chi connectivity index (χ4n) is 2.86. The van der Waals surface area contributed by atoms with Gasteiger partial charge in [0.2, 0.25) is 0 Å². The van der Waals surface area contributed by atoms with Gasteiger partial charge in [0.15, 0.2) is 0 Å². The maximum atomic E-state index is 3.47. The second-order valence-corrected chi connectivity index (χ2v) is 4.44. The second-order valence-electron chi connectivity index (χ2n) is 4.44. The van der Waals surface area contributed by atoms with E-state index < -0.39 is 0 Å². The molecule has 2 atom stereocenters. The van der Waals surface area contributed by atoms with Gasteiger partial charge in [-0.15, -0.1) is 0 Å². The first-order valence-electron chi connectivity index (χ1n) is 5.88. The Morgan fingerprint density at radius 1 is 1.31 bits per heavy atom. The molecule has 2 heteroatoms. The van der Waals surface area contributed by atoms with Crippen LogP contribution in [0.3, 0.4) is 0 Å². The molecule has 2 saturated heterocycles. The van der Waals surface area contributed by atoms with E-state index in [0.29, 0.717) is 0 Å². The smallest absolute Gasteiger partial charge is 0.0235 e. The maximum absolute atomic E-state index is 3.47. The van der Waals surface area contributed by atoms with Gasteiger partial charge < -0.3 is 5.32 Å². The van der Waals surface area contributed by atoms with Gasteiger partial charge >= 0.3 is 0 Å². The Labute approximate surface area is 81.7 Å². The number of hydrogen-bond donors (Lipinski definition) is 1. The number of nitrogens with zero attached hydrogens (tertiary/aromatic N) is 1. The molecule has 2 nitrogen and oxygen atoms in total. The van der Waals surface area contributed by atoms with E-state index in [1.165, 1.54) is 51.7 Å². The minimum absolute atomic E-state index is 0.852. The molecule has 1 N–H and O–H groups in total. The minimum atomic E-state index is 0.852. The second kappa shape index (κ2) is 4.43. The lowest BCUT2D eigenvalue weighted by molar-refractivity contribution is 0.100. The van der Waals surface area contributed by atoms with E-state index in [4.69, 9.17) is 0 Å². The fourth-order valence-corrected chi connectivity index (χ4v) is 2.86. The van der Waals surface area contributed by atoms with Crippen LogP contribution in [0, 0.1) is 0 Å². The van der Waals surface area contributed by atoms with Crippen LogP contribution < -0.4 is 5.32 Å². The average molecular weight is 182 g/mol. The van der Waals surface area contributed by atoms with E-state index in [9.17, 15) is 0 Å². The molecular formula is C11H22N2. The topological polar surface area (TPSA) is 15.3 Å². The summed E-state index contributed by atoms with van der Waals surface area (Å²) in [6.45, 7) is 6.16. The Balaban J connectivity index is 1.93. The van der Waals surface area contributed by atoms with Gasteiger partial charge in [-0.05, 0) is 38.8 Å². The Kier molecular flexibility index (Phi) is 3.23. The molecule has 2 aliphatic rings. The lowest BCUT2D eigenvalue weighted by atomic mass is 9.97. The van der Waals surface area contributed by atoms with Crippen LogP contribution in [0.4, 0.5) is 0 Å². The summed E-state index contributed by atoms with van der Waals surface area (Å²) in [7, 11) is 0. The van der Waals surface area contributed by atoms with Crippen molar-refractivity contribution in [2.45, 2.75) is 51.1 Å². The Morgan fingerprint density at radius 3 is 2.92 bits per heavy atom. The van der Waals surface area contributed by atoms with Gasteiger partial charge in [-0.25, -0.2) is 0 Å². The van der Waals surface area contributed by atoms with Crippen molar-refractivity contribution in [3.63, 3.8) is 0 Å². The first-order valence-corrected chi connectivity index (χ1v) is 5.88. The van der Waals surface area contributed by atoms with Gasteiger partial charge in [0.1, 0.15) is 0 Å². The zero-order valence-corrected chi connectivity index (χ0v) is 8.76. The normalized spacial score (nSPS) is 36.7. The summed E-state index contributed by atoms with van der Waals surface area (Å²) in [6.07, 6.45) is 7.03. The highest BCUT2D eigenvalue weighted by atomic mass is 15.2. The first kappa shape index (κ1) is 9.47. The van der Waals surface area contributed by atoms with Gasteiger partial charge in [0.25, 0.3) is 0 Å². The zero-order chi connectivity index (χ0) is 9.10. The molecule has 2 aliphatic heterocycles. The van der Waals surface area contributed by atoms with Crippen molar-refractivity contribution < 1.29 is 0 Å². The van der Waals surface area contributed by atoms with Crippen LogP contribution in [0.15, 0.2) is 0 Å². The van der Waals surface area contributed by atoms with Gasteiger partial charge in [-0.1, -0.05) is 13.3 Å². The van der Waals surface area contributed by atoms with Crippen molar-refractivity contribution in [2.75, 3.05) is 19.6 Å². The molecule has 0 aromatic heterocycles. The maximum Gasteiger partial charge on any atom is 0.0235 e. The molecule has 76 valence electrons. The lowest BCUT2D eigenvalue weighted by Crippen LogP contribution is -2.46. The van der Waals surface area contributed by atoms with E-state index in [-0.39, 0.29) is 0 Å². The Bertz CT molecular complexity index is 150. The standard InChI is InChI=1S/C11H22N2/c1-2-10-5-3-4-8-13(10)11-6-7-12-9-11/h10-12H,2-9H2,1H3/t10-,11-/m0/s1. The SMILES string of the molecule is CC[C@H]1CCCCN1[C@H]1CCNC1. The average Bonchev–Trinajstić information content (AvgIpc) is 2.70. The van der Waals surface area contributed by atoms with E-state index in [0.717, 1.165) is 12.1 Å². The zero-order valence-electron chi connectivity index (χ0n) is 8.76. The molecule has 0 radical (unpaired) electrons. The molecular weight excluding hydrogens is 160 g/mol. The monoisotopic (exact) mass is 182 g/mol. The molecule has 2 heterocycles. The number of rotatable bonds is 2. The van der Waals surface area contributed by atoms with Crippen molar-refractivity contribution in [1.29, 1.82) is 0 Å². The third kappa shape index (κ3) is 2.05. The molecule has 0 unspecified atom stereocenters. The predicted molar refractivity (Wildman–Crippen MR) is 55.9 cm³/mol. The van der Waals surface area contributed by atoms with Gasteiger partial charge in [0.05, 0.1) is 0 Å².